The van der Waals surface area contributed by atoms with Gasteiger partial charge in [0.2, 0.25) is 0 Å². The van der Waals surface area contributed by atoms with E-state index in [-0.39, 0.29) is 9.92 Å². The molecule has 0 aliphatic rings. The van der Waals surface area contributed by atoms with Crippen LogP contribution in [-0.2, 0) is 16.4 Å². The second-order valence-corrected chi connectivity index (χ2v) is 7.35. The van der Waals surface area contributed by atoms with Crippen LogP contribution in [0.25, 0.3) is 0 Å². The van der Waals surface area contributed by atoms with Gasteiger partial charge in [-0.2, -0.15) is 0 Å². The monoisotopic (exact) mass is 343 g/mol. The molecule has 2 rings (SSSR count). The lowest BCUT2D eigenvalue weighted by atomic mass is 10.1. The van der Waals surface area contributed by atoms with E-state index in [1.54, 1.807) is 18.2 Å². The fourth-order valence-corrected chi connectivity index (χ4v) is 3.83. The number of sulfonamides is 1. The first-order valence-corrected chi connectivity index (χ1v) is 8.58. The molecule has 0 N–H and O–H groups in total. The molecule has 112 valence electrons. The van der Waals surface area contributed by atoms with Crippen LogP contribution in [0.1, 0.15) is 12.5 Å². The Labute approximate surface area is 135 Å². The zero-order valence-corrected chi connectivity index (χ0v) is 14.0. The smallest absolute Gasteiger partial charge is 0.265 e. The second-order valence-electron chi connectivity index (χ2n) is 4.57. The Morgan fingerprint density at radius 2 is 1.67 bits per heavy atom. The second kappa shape index (κ2) is 6.26. The maximum atomic E-state index is 12.6. The van der Waals surface area contributed by atoms with Gasteiger partial charge in [-0.1, -0.05) is 42.3 Å². The maximum Gasteiger partial charge on any atom is 0.265 e. The Morgan fingerprint density at radius 1 is 1.05 bits per heavy atom. The summed E-state index contributed by atoms with van der Waals surface area (Å²) in [6.45, 7) is 2.04. The molecule has 2 aromatic rings. The number of nitrogens with zero attached hydrogens (tertiary/aromatic N) is 1. The van der Waals surface area contributed by atoms with Crippen LogP contribution < -0.4 is 4.31 Å². The van der Waals surface area contributed by atoms with E-state index in [2.05, 4.69) is 0 Å². The molecule has 0 heterocycles. The van der Waals surface area contributed by atoms with E-state index >= 15 is 0 Å². The number of anilines is 1. The van der Waals surface area contributed by atoms with Gasteiger partial charge in [-0.25, -0.2) is 8.42 Å². The van der Waals surface area contributed by atoms with Crippen LogP contribution in [0, 0.1) is 0 Å². The standard InChI is InChI=1S/C15H15Cl2NO2S/c1-3-11-4-7-13(8-5-11)18(2)21(19,20)15-10-12(16)6-9-14(15)17/h4-10H,3H2,1-2H3. The maximum absolute atomic E-state index is 12.6. The van der Waals surface area contributed by atoms with Crippen molar-refractivity contribution in [2.45, 2.75) is 18.2 Å². The van der Waals surface area contributed by atoms with Gasteiger partial charge >= 0.3 is 0 Å². The SMILES string of the molecule is CCc1ccc(N(C)S(=O)(=O)c2cc(Cl)ccc2Cl)cc1. The van der Waals surface area contributed by atoms with Crippen LogP contribution in [0.2, 0.25) is 10.0 Å². The predicted molar refractivity (Wildman–Crippen MR) is 87.9 cm³/mol. The fraction of sp³-hybridized carbons (Fsp3) is 0.200. The van der Waals surface area contributed by atoms with Gasteiger partial charge in [0.1, 0.15) is 4.90 Å². The number of rotatable bonds is 4. The summed E-state index contributed by atoms with van der Waals surface area (Å²) < 4.78 is 26.5. The molecule has 0 unspecified atom stereocenters. The van der Waals surface area contributed by atoms with Crippen LogP contribution in [0.3, 0.4) is 0 Å². The van der Waals surface area contributed by atoms with E-state index in [9.17, 15) is 8.42 Å². The van der Waals surface area contributed by atoms with Crippen LogP contribution >= 0.6 is 23.2 Å². The van der Waals surface area contributed by atoms with E-state index in [4.69, 9.17) is 23.2 Å². The zero-order chi connectivity index (χ0) is 15.6. The van der Waals surface area contributed by atoms with E-state index in [1.165, 1.54) is 23.5 Å². The van der Waals surface area contributed by atoms with Crippen LogP contribution in [-0.4, -0.2) is 15.5 Å². The number of hydrogen-bond donors (Lipinski definition) is 0. The summed E-state index contributed by atoms with van der Waals surface area (Å²) in [5, 5.41) is 0.476. The summed E-state index contributed by atoms with van der Waals surface area (Å²) in [5.74, 6) is 0. The summed E-state index contributed by atoms with van der Waals surface area (Å²) in [6, 6.07) is 11.7. The summed E-state index contributed by atoms with van der Waals surface area (Å²) in [6.07, 6.45) is 0.900. The first-order chi connectivity index (χ1) is 9.86. The van der Waals surface area contributed by atoms with Gasteiger partial charge in [0.25, 0.3) is 10.0 Å². The van der Waals surface area contributed by atoms with Crippen molar-refractivity contribution >= 4 is 38.9 Å². The Bertz CT molecular complexity index is 743. The van der Waals surface area contributed by atoms with Crippen molar-refractivity contribution in [3.05, 3.63) is 58.1 Å². The number of aryl methyl sites for hydroxylation is 1. The lowest BCUT2D eigenvalue weighted by Crippen LogP contribution is -2.26. The molecule has 2 aromatic carbocycles. The average molecular weight is 344 g/mol. The van der Waals surface area contributed by atoms with E-state index in [0.29, 0.717) is 10.7 Å². The minimum Gasteiger partial charge on any atom is -0.269 e. The molecule has 0 saturated heterocycles. The normalized spacial score (nSPS) is 11.4. The first-order valence-electron chi connectivity index (χ1n) is 6.39. The molecule has 0 amide bonds. The first kappa shape index (κ1) is 16.1. The summed E-state index contributed by atoms with van der Waals surface area (Å²) in [5.41, 5.74) is 1.72. The van der Waals surface area contributed by atoms with Crippen LogP contribution in [0.15, 0.2) is 47.4 Å². The summed E-state index contributed by atoms with van der Waals surface area (Å²) in [7, 11) is -2.25. The molecular formula is C15H15Cl2NO2S. The van der Waals surface area contributed by atoms with Crippen molar-refractivity contribution in [2.75, 3.05) is 11.4 Å². The van der Waals surface area contributed by atoms with Gasteiger partial charge in [-0.3, -0.25) is 4.31 Å². The van der Waals surface area contributed by atoms with Crippen molar-refractivity contribution in [1.82, 2.24) is 0 Å². The minimum absolute atomic E-state index is 0.00117. The van der Waals surface area contributed by atoms with Gasteiger partial charge in [0.05, 0.1) is 10.7 Å². The Balaban J connectivity index is 2.44. The van der Waals surface area contributed by atoms with E-state index < -0.39 is 10.0 Å². The average Bonchev–Trinajstić information content (AvgIpc) is 2.49. The number of benzene rings is 2. The third-order valence-corrected chi connectivity index (χ3v) is 5.74. The van der Waals surface area contributed by atoms with Gasteiger partial charge in [0, 0.05) is 12.1 Å². The lowest BCUT2D eigenvalue weighted by Gasteiger charge is -2.20. The quantitative estimate of drug-likeness (QED) is 0.825. The summed E-state index contributed by atoms with van der Waals surface area (Å²) in [4.78, 5) is -0.00117. The fourth-order valence-electron chi connectivity index (χ4n) is 1.90. The molecule has 0 bridgehead atoms. The van der Waals surface area contributed by atoms with Gasteiger partial charge < -0.3 is 0 Å². The largest absolute Gasteiger partial charge is 0.269 e. The highest BCUT2D eigenvalue weighted by Crippen LogP contribution is 2.29. The van der Waals surface area contributed by atoms with Gasteiger partial charge in [0.15, 0.2) is 0 Å². The Hall–Kier alpha value is -1.23. The highest BCUT2D eigenvalue weighted by molar-refractivity contribution is 7.93. The number of halogens is 2. The lowest BCUT2D eigenvalue weighted by molar-refractivity contribution is 0.594. The van der Waals surface area contributed by atoms with E-state index in [0.717, 1.165) is 12.0 Å². The van der Waals surface area contributed by atoms with Crippen LogP contribution in [0.4, 0.5) is 5.69 Å². The zero-order valence-electron chi connectivity index (χ0n) is 11.7. The molecule has 0 aliphatic heterocycles. The molecule has 6 heteroatoms. The van der Waals surface area contributed by atoms with Gasteiger partial charge in [-0.05, 0) is 42.3 Å². The Morgan fingerprint density at radius 3 is 2.24 bits per heavy atom. The molecule has 0 saturated carbocycles. The summed E-state index contributed by atoms with van der Waals surface area (Å²) >= 11 is 11.9. The highest BCUT2D eigenvalue weighted by atomic mass is 35.5. The third-order valence-electron chi connectivity index (χ3n) is 3.24. The Kier molecular flexibility index (Phi) is 4.81. The van der Waals surface area contributed by atoms with E-state index in [1.807, 2.05) is 19.1 Å². The molecule has 0 aliphatic carbocycles. The molecular weight excluding hydrogens is 329 g/mol. The van der Waals surface area contributed by atoms with Crippen molar-refractivity contribution in [3.63, 3.8) is 0 Å². The molecule has 21 heavy (non-hydrogen) atoms. The van der Waals surface area contributed by atoms with Crippen LogP contribution in [0.5, 0.6) is 0 Å². The number of hydrogen-bond acceptors (Lipinski definition) is 2. The van der Waals surface area contributed by atoms with Crippen molar-refractivity contribution in [3.8, 4) is 0 Å². The van der Waals surface area contributed by atoms with Gasteiger partial charge in [-0.15, -0.1) is 0 Å². The molecule has 0 spiro atoms. The molecule has 0 aromatic heterocycles. The van der Waals surface area contributed by atoms with Crippen molar-refractivity contribution < 1.29 is 8.42 Å². The predicted octanol–water partition coefficient (Wildman–Crippen LogP) is 4.38. The molecule has 0 fully saturated rings. The molecule has 0 radical (unpaired) electrons. The molecule has 3 nitrogen and oxygen atoms in total. The highest BCUT2D eigenvalue weighted by Gasteiger charge is 2.24. The third kappa shape index (κ3) is 3.34. The molecule has 0 atom stereocenters. The van der Waals surface area contributed by atoms with Crippen molar-refractivity contribution in [1.29, 1.82) is 0 Å². The topological polar surface area (TPSA) is 37.4 Å². The van der Waals surface area contributed by atoms with Crippen molar-refractivity contribution in [2.24, 2.45) is 0 Å². The minimum atomic E-state index is -3.75.